The van der Waals surface area contributed by atoms with E-state index in [1.54, 1.807) is 24.4 Å². The molecule has 1 heterocycles. The molecule has 0 saturated heterocycles. The van der Waals surface area contributed by atoms with Crippen LogP contribution in [0.25, 0.3) is 11.3 Å². The highest BCUT2D eigenvalue weighted by Gasteiger charge is 2.05. The third kappa shape index (κ3) is 2.19. The van der Waals surface area contributed by atoms with Crippen molar-refractivity contribution in [2.24, 2.45) is 0 Å². The highest BCUT2D eigenvalue weighted by atomic mass is 19.1. The summed E-state index contributed by atoms with van der Waals surface area (Å²) in [5.41, 5.74) is 2.13. The maximum atomic E-state index is 13.5. The molecule has 0 radical (unpaired) electrons. The fraction of sp³-hybridized carbons (Fsp3) is 0.154. The topological polar surface area (TPSA) is 24.9 Å². The van der Waals surface area contributed by atoms with E-state index in [1.807, 2.05) is 19.1 Å². The molecule has 82 valence electrons. The molecule has 0 spiro atoms. The Kier molecular flexibility index (Phi) is 3.15. The van der Waals surface area contributed by atoms with Gasteiger partial charge in [0.05, 0.1) is 5.69 Å². The average Bonchev–Trinajstić information content (AvgIpc) is 2.30. The van der Waals surface area contributed by atoms with Crippen LogP contribution in [0.5, 0.6) is 0 Å². The molecule has 0 amide bonds. The summed E-state index contributed by atoms with van der Waals surface area (Å²) in [6.07, 6.45) is 1.68. The van der Waals surface area contributed by atoms with Gasteiger partial charge in [-0.25, -0.2) is 4.39 Å². The van der Waals surface area contributed by atoms with Crippen LogP contribution in [0.2, 0.25) is 0 Å². The van der Waals surface area contributed by atoms with Crippen LogP contribution in [-0.2, 0) is 0 Å². The van der Waals surface area contributed by atoms with Crippen molar-refractivity contribution in [3.63, 3.8) is 0 Å². The lowest BCUT2D eigenvalue weighted by Crippen LogP contribution is -1.97. The molecule has 0 atom stereocenters. The van der Waals surface area contributed by atoms with Gasteiger partial charge in [0.1, 0.15) is 5.82 Å². The Balaban J connectivity index is 2.40. The van der Waals surface area contributed by atoms with Crippen molar-refractivity contribution < 1.29 is 4.39 Å². The summed E-state index contributed by atoms with van der Waals surface area (Å²) in [7, 11) is 0. The van der Waals surface area contributed by atoms with E-state index in [1.165, 1.54) is 6.07 Å². The van der Waals surface area contributed by atoms with Crippen molar-refractivity contribution in [1.29, 1.82) is 0 Å². The van der Waals surface area contributed by atoms with Gasteiger partial charge < -0.3 is 5.32 Å². The number of rotatable bonds is 3. The highest BCUT2D eigenvalue weighted by Crippen LogP contribution is 2.22. The van der Waals surface area contributed by atoms with Crippen LogP contribution in [0.1, 0.15) is 6.92 Å². The van der Waals surface area contributed by atoms with E-state index in [0.29, 0.717) is 11.3 Å². The molecular formula is C13H13FN2. The molecule has 0 fully saturated rings. The first kappa shape index (κ1) is 10.6. The molecule has 0 bridgehead atoms. The summed E-state index contributed by atoms with van der Waals surface area (Å²) in [5, 5.41) is 3.17. The second kappa shape index (κ2) is 4.75. The molecule has 0 aliphatic rings. The number of pyridine rings is 1. The van der Waals surface area contributed by atoms with Crippen LogP contribution in [0.15, 0.2) is 42.6 Å². The SMILES string of the molecule is CCNc1ccnc(-c2ccccc2F)c1. The number of nitrogens with zero attached hydrogens (tertiary/aromatic N) is 1. The molecule has 1 N–H and O–H groups in total. The monoisotopic (exact) mass is 216 g/mol. The van der Waals surface area contributed by atoms with E-state index in [2.05, 4.69) is 10.3 Å². The molecule has 2 aromatic rings. The molecule has 2 nitrogen and oxygen atoms in total. The number of aromatic nitrogens is 1. The first-order valence-electron chi connectivity index (χ1n) is 5.26. The normalized spacial score (nSPS) is 10.1. The molecule has 1 aromatic heterocycles. The van der Waals surface area contributed by atoms with Crippen molar-refractivity contribution in [1.82, 2.24) is 4.98 Å². The second-order valence-corrected chi connectivity index (χ2v) is 3.44. The number of hydrogen-bond donors (Lipinski definition) is 1. The Labute approximate surface area is 94.2 Å². The van der Waals surface area contributed by atoms with Gasteiger partial charge in [-0.05, 0) is 31.2 Å². The Morgan fingerprint density at radius 3 is 2.81 bits per heavy atom. The quantitative estimate of drug-likeness (QED) is 0.851. The number of hydrogen-bond acceptors (Lipinski definition) is 2. The van der Waals surface area contributed by atoms with Gasteiger partial charge in [0.2, 0.25) is 0 Å². The zero-order chi connectivity index (χ0) is 11.4. The fourth-order valence-corrected chi connectivity index (χ4v) is 1.56. The Hall–Kier alpha value is -1.90. The molecule has 0 aliphatic heterocycles. The van der Waals surface area contributed by atoms with E-state index in [-0.39, 0.29) is 5.82 Å². The molecular weight excluding hydrogens is 203 g/mol. The van der Waals surface area contributed by atoms with Crippen LogP contribution in [-0.4, -0.2) is 11.5 Å². The number of benzene rings is 1. The van der Waals surface area contributed by atoms with Crippen molar-refractivity contribution in [3.05, 3.63) is 48.4 Å². The van der Waals surface area contributed by atoms with Gasteiger partial charge in [0.15, 0.2) is 0 Å². The Morgan fingerprint density at radius 1 is 1.25 bits per heavy atom. The van der Waals surface area contributed by atoms with Gasteiger partial charge in [-0.15, -0.1) is 0 Å². The summed E-state index contributed by atoms with van der Waals surface area (Å²) < 4.78 is 13.5. The number of anilines is 1. The van der Waals surface area contributed by atoms with E-state index >= 15 is 0 Å². The summed E-state index contributed by atoms with van der Waals surface area (Å²) in [5.74, 6) is -0.247. The Morgan fingerprint density at radius 2 is 2.06 bits per heavy atom. The lowest BCUT2D eigenvalue weighted by molar-refractivity contribution is 0.631. The molecule has 0 unspecified atom stereocenters. The largest absolute Gasteiger partial charge is 0.385 e. The van der Waals surface area contributed by atoms with E-state index in [4.69, 9.17) is 0 Å². The zero-order valence-electron chi connectivity index (χ0n) is 9.07. The maximum absolute atomic E-state index is 13.5. The summed E-state index contributed by atoms with van der Waals surface area (Å²) in [4.78, 5) is 4.17. The zero-order valence-corrected chi connectivity index (χ0v) is 9.07. The van der Waals surface area contributed by atoms with Gasteiger partial charge in [0.25, 0.3) is 0 Å². The van der Waals surface area contributed by atoms with Crippen LogP contribution in [0, 0.1) is 5.82 Å². The van der Waals surface area contributed by atoms with Crippen LogP contribution < -0.4 is 5.32 Å². The lowest BCUT2D eigenvalue weighted by atomic mass is 10.1. The fourth-order valence-electron chi connectivity index (χ4n) is 1.56. The third-order valence-corrected chi connectivity index (χ3v) is 2.29. The molecule has 0 saturated carbocycles. The van der Waals surface area contributed by atoms with Gasteiger partial charge in [0, 0.05) is 24.0 Å². The lowest BCUT2D eigenvalue weighted by Gasteiger charge is -2.06. The first-order chi connectivity index (χ1) is 7.81. The number of halogens is 1. The standard InChI is InChI=1S/C13H13FN2/c1-2-15-10-7-8-16-13(9-10)11-5-3-4-6-12(11)14/h3-9H,2H2,1H3,(H,15,16). The van der Waals surface area contributed by atoms with Crippen LogP contribution in [0.4, 0.5) is 10.1 Å². The summed E-state index contributed by atoms with van der Waals surface area (Å²) >= 11 is 0. The van der Waals surface area contributed by atoms with Crippen molar-refractivity contribution in [3.8, 4) is 11.3 Å². The minimum atomic E-state index is -0.247. The average molecular weight is 216 g/mol. The minimum Gasteiger partial charge on any atom is -0.385 e. The third-order valence-electron chi connectivity index (χ3n) is 2.29. The Bertz CT molecular complexity index is 483. The van der Waals surface area contributed by atoms with E-state index < -0.39 is 0 Å². The predicted octanol–water partition coefficient (Wildman–Crippen LogP) is 3.32. The summed E-state index contributed by atoms with van der Waals surface area (Å²) in [6.45, 7) is 2.85. The van der Waals surface area contributed by atoms with Gasteiger partial charge >= 0.3 is 0 Å². The maximum Gasteiger partial charge on any atom is 0.132 e. The van der Waals surface area contributed by atoms with Gasteiger partial charge in [-0.3, -0.25) is 4.98 Å². The smallest absolute Gasteiger partial charge is 0.132 e. The van der Waals surface area contributed by atoms with Crippen LogP contribution in [0.3, 0.4) is 0 Å². The number of nitrogens with one attached hydrogen (secondary N) is 1. The molecule has 16 heavy (non-hydrogen) atoms. The van der Waals surface area contributed by atoms with Crippen LogP contribution >= 0.6 is 0 Å². The summed E-state index contributed by atoms with van der Waals surface area (Å²) in [6, 6.07) is 10.4. The van der Waals surface area contributed by atoms with Gasteiger partial charge in [-0.2, -0.15) is 0 Å². The highest BCUT2D eigenvalue weighted by molar-refractivity contribution is 5.64. The molecule has 2 rings (SSSR count). The first-order valence-corrected chi connectivity index (χ1v) is 5.26. The minimum absolute atomic E-state index is 0.247. The van der Waals surface area contributed by atoms with Gasteiger partial charge in [-0.1, -0.05) is 12.1 Å². The van der Waals surface area contributed by atoms with Crippen molar-refractivity contribution in [2.75, 3.05) is 11.9 Å². The van der Waals surface area contributed by atoms with Crippen molar-refractivity contribution in [2.45, 2.75) is 6.92 Å². The molecule has 1 aromatic carbocycles. The second-order valence-electron chi connectivity index (χ2n) is 3.44. The van der Waals surface area contributed by atoms with E-state index in [9.17, 15) is 4.39 Å². The predicted molar refractivity (Wildman–Crippen MR) is 63.8 cm³/mol. The van der Waals surface area contributed by atoms with Crippen molar-refractivity contribution >= 4 is 5.69 Å². The molecule has 0 aliphatic carbocycles. The molecule has 3 heteroatoms. The van der Waals surface area contributed by atoms with E-state index in [0.717, 1.165) is 12.2 Å².